The Morgan fingerprint density at radius 3 is 2.30 bits per heavy atom. The number of ether oxygens (including phenoxy) is 1. The fraction of sp³-hybridized carbons (Fsp3) is 0.375. The number of likely N-dealkylation sites (tertiary alicyclic amines) is 1. The van der Waals surface area contributed by atoms with Gasteiger partial charge in [-0.1, -0.05) is 37.8 Å². The van der Waals surface area contributed by atoms with E-state index in [1.807, 2.05) is 24.3 Å². The van der Waals surface area contributed by atoms with Crippen molar-refractivity contribution in [2.24, 2.45) is 0 Å². The van der Waals surface area contributed by atoms with Gasteiger partial charge in [-0.15, -0.1) is 0 Å². The molecule has 3 nitrogen and oxygen atoms in total. The van der Waals surface area contributed by atoms with Gasteiger partial charge in [-0.05, 0) is 95.8 Å². The van der Waals surface area contributed by atoms with E-state index in [2.05, 4.69) is 4.90 Å². The molecular weight excluding hydrogens is 525 g/mol. The van der Waals surface area contributed by atoms with Crippen molar-refractivity contribution < 1.29 is 31.8 Å². The van der Waals surface area contributed by atoms with Crippen LogP contribution >= 0.6 is 0 Å². The highest BCUT2D eigenvalue weighted by Gasteiger charge is 2.31. The number of aromatic hydroxyl groups is 1. The summed E-state index contributed by atoms with van der Waals surface area (Å²) in [5.41, 5.74) is 3.25. The molecule has 1 aliphatic heterocycles. The molecule has 214 valence electrons. The highest BCUT2D eigenvalue weighted by Crippen LogP contribution is 2.42. The molecule has 1 heterocycles. The first-order valence-corrected chi connectivity index (χ1v) is 13.2. The van der Waals surface area contributed by atoms with Gasteiger partial charge < -0.3 is 9.84 Å². The number of hydrogen-bond acceptors (Lipinski definition) is 3. The number of benzene rings is 3. The summed E-state index contributed by atoms with van der Waals surface area (Å²) >= 11 is 0. The summed E-state index contributed by atoms with van der Waals surface area (Å²) in [7, 11) is 0. The van der Waals surface area contributed by atoms with E-state index in [0.29, 0.717) is 54.7 Å². The lowest BCUT2D eigenvalue weighted by molar-refractivity contribution is -0.137. The number of nitrogens with zero attached hydrogens (tertiary/aromatic N) is 1. The molecule has 40 heavy (non-hydrogen) atoms. The Balaban J connectivity index is 0.00000370. The molecule has 1 aliphatic carbocycles. The van der Waals surface area contributed by atoms with Crippen molar-refractivity contribution in [3.63, 3.8) is 0 Å². The topological polar surface area (TPSA) is 32.7 Å². The summed E-state index contributed by atoms with van der Waals surface area (Å²) in [5, 5.41) is 10.0. The standard InChI is InChI=1S/C31H30F5NO2.CH4/c32-16-2-17-37-18-15-24(19-37)39-23-11-7-21(8-12-23)29-25(20-5-9-22(10-6-20)31(34,35)36)3-1-4-27-26(29)13-14-28(38)30(27)33;/h5-14,24,38H,1-4,15-19H2;1H4/t24-;/m0./s1. The van der Waals surface area contributed by atoms with Gasteiger partial charge in [0, 0.05) is 19.6 Å². The zero-order valence-electron chi connectivity index (χ0n) is 21.4. The molecular formula is C32H34F5NO2. The van der Waals surface area contributed by atoms with Crippen LogP contribution in [-0.2, 0) is 12.6 Å². The zero-order valence-corrected chi connectivity index (χ0v) is 21.4. The van der Waals surface area contributed by atoms with Crippen molar-refractivity contribution in [3.8, 4) is 11.5 Å². The number of hydrogen-bond donors (Lipinski definition) is 1. The fourth-order valence-corrected chi connectivity index (χ4v) is 5.57. The van der Waals surface area contributed by atoms with Crippen LogP contribution in [0.5, 0.6) is 11.5 Å². The summed E-state index contributed by atoms with van der Waals surface area (Å²) in [6.07, 6.45) is -1.56. The Bertz CT molecular complexity index is 1330. The van der Waals surface area contributed by atoms with Crippen LogP contribution in [0.2, 0.25) is 0 Å². The summed E-state index contributed by atoms with van der Waals surface area (Å²) in [6, 6.07) is 15.5. The average molecular weight is 560 g/mol. The summed E-state index contributed by atoms with van der Waals surface area (Å²) in [5.74, 6) is -0.414. The predicted molar refractivity (Wildman–Crippen MR) is 148 cm³/mol. The van der Waals surface area contributed by atoms with Crippen LogP contribution in [0.15, 0.2) is 60.7 Å². The lowest BCUT2D eigenvalue weighted by Crippen LogP contribution is -2.26. The first-order chi connectivity index (χ1) is 18.7. The molecule has 0 spiro atoms. The van der Waals surface area contributed by atoms with E-state index in [1.165, 1.54) is 18.2 Å². The molecule has 0 bridgehead atoms. The molecule has 1 saturated heterocycles. The molecule has 1 N–H and O–H groups in total. The minimum atomic E-state index is -4.44. The highest BCUT2D eigenvalue weighted by molar-refractivity contribution is 6.00. The number of rotatable bonds is 7. The van der Waals surface area contributed by atoms with E-state index < -0.39 is 23.3 Å². The Morgan fingerprint density at radius 2 is 1.62 bits per heavy atom. The Labute approximate surface area is 231 Å². The third-order valence-corrected chi connectivity index (χ3v) is 7.49. The van der Waals surface area contributed by atoms with Crippen molar-refractivity contribution in [3.05, 3.63) is 94.3 Å². The van der Waals surface area contributed by atoms with Crippen molar-refractivity contribution in [1.29, 1.82) is 0 Å². The van der Waals surface area contributed by atoms with E-state index in [0.717, 1.165) is 48.4 Å². The van der Waals surface area contributed by atoms with Gasteiger partial charge >= 0.3 is 6.18 Å². The minimum absolute atomic E-state index is 0. The first-order valence-electron chi connectivity index (χ1n) is 13.2. The molecule has 5 rings (SSSR count). The van der Waals surface area contributed by atoms with Crippen molar-refractivity contribution in [1.82, 2.24) is 4.90 Å². The number of fused-ring (bicyclic) bond motifs is 1. The van der Waals surface area contributed by atoms with Crippen molar-refractivity contribution in [2.45, 2.75) is 51.8 Å². The summed E-state index contributed by atoms with van der Waals surface area (Å²) in [4.78, 5) is 2.19. The second kappa shape index (κ2) is 12.4. The first kappa shape index (κ1) is 29.6. The van der Waals surface area contributed by atoms with E-state index in [4.69, 9.17) is 4.74 Å². The molecule has 1 atom stereocenters. The van der Waals surface area contributed by atoms with Gasteiger partial charge in [0.15, 0.2) is 11.6 Å². The van der Waals surface area contributed by atoms with Crippen LogP contribution in [-0.4, -0.2) is 42.4 Å². The molecule has 0 saturated carbocycles. The Hall–Kier alpha value is -3.39. The number of phenolic OH excluding ortho intramolecular Hbond substituents is 1. The molecule has 2 aliphatic rings. The third kappa shape index (κ3) is 6.33. The molecule has 0 radical (unpaired) electrons. The highest BCUT2D eigenvalue weighted by atomic mass is 19.4. The number of halogens is 5. The average Bonchev–Trinajstić information content (AvgIpc) is 3.27. The fourth-order valence-electron chi connectivity index (χ4n) is 5.57. The normalized spacial score (nSPS) is 17.8. The molecule has 1 fully saturated rings. The molecule has 3 aromatic rings. The Morgan fingerprint density at radius 1 is 0.925 bits per heavy atom. The van der Waals surface area contributed by atoms with E-state index in [-0.39, 0.29) is 20.2 Å². The minimum Gasteiger partial charge on any atom is -0.505 e. The van der Waals surface area contributed by atoms with Gasteiger partial charge in [-0.3, -0.25) is 9.29 Å². The molecule has 0 unspecified atom stereocenters. The molecule has 8 heteroatoms. The smallest absolute Gasteiger partial charge is 0.416 e. The maximum atomic E-state index is 15.0. The predicted octanol–water partition coefficient (Wildman–Crippen LogP) is 8.29. The SMILES string of the molecule is C.Oc1ccc2c(c1F)CCCC(c1ccc(C(F)(F)F)cc1)=C2c1ccc(O[C@H]2CCN(CCCF)C2)cc1. The number of phenols is 1. The largest absolute Gasteiger partial charge is 0.505 e. The second-order valence-electron chi connectivity index (χ2n) is 10.1. The quantitative estimate of drug-likeness (QED) is 0.296. The van der Waals surface area contributed by atoms with Crippen LogP contribution in [0, 0.1) is 5.82 Å². The maximum Gasteiger partial charge on any atom is 0.416 e. The summed E-state index contributed by atoms with van der Waals surface area (Å²) < 4.78 is 73.3. The van der Waals surface area contributed by atoms with Gasteiger partial charge in [0.05, 0.1) is 12.2 Å². The Kier molecular flexibility index (Phi) is 9.19. The van der Waals surface area contributed by atoms with E-state index in [1.54, 1.807) is 6.07 Å². The van der Waals surface area contributed by atoms with Crippen LogP contribution in [0.3, 0.4) is 0 Å². The monoisotopic (exact) mass is 559 g/mol. The van der Waals surface area contributed by atoms with Gasteiger partial charge in [0.25, 0.3) is 0 Å². The van der Waals surface area contributed by atoms with E-state index in [9.17, 15) is 22.7 Å². The van der Waals surface area contributed by atoms with Crippen LogP contribution in [0.1, 0.15) is 60.9 Å². The summed E-state index contributed by atoms with van der Waals surface area (Å²) in [6.45, 7) is 1.98. The van der Waals surface area contributed by atoms with Gasteiger partial charge in [-0.2, -0.15) is 13.2 Å². The van der Waals surface area contributed by atoms with Gasteiger partial charge in [0.2, 0.25) is 0 Å². The van der Waals surface area contributed by atoms with Crippen LogP contribution < -0.4 is 4.74 Å². The lowest BCUT2D eigenvalue weighted by atomic mass is 9.87. The maximum absolute atomic E-state index is 15.0. The number of alkyl halides is 4. The number of allylic oxidation sites excluding steroid dienone is 1. The molecule has 0 amide bonds. The second-order valence-corrected chi connectivity index (χ2v) is 10.1. The molecule has 3 aromatic carbocycles. The zero-order chi connectivity index (χ0) is 27.6. The van der Waals surface area contributed by atoms with Crippen LogP contribution in [0.25, 0.3) is 11.1 Å². The van der Waals surface area contributed by atoms with Gasteiger partial charge in [0.1, 0.15) is 11.9 Å². The van der Waals surface area contributed by atoms with Crippen molar-refractivity contribution in [2.75, 3.05) is 26.3 Å². The molecule has 0 aromatic heterocycles. The third-order valence-electron chi connectivity index (χ3n) is 7.49. The lowest BCUT2D eigenvalue weighted by Gasteiger charge is -2.19. The van der Waals surface area contributed by atoms with Crippen molar-refractivity contribution >= 4 is 11.1 Å². The van der Waals surface area contributed by atoms with Crippen LogP contribution in [0.4, 0.5) is 22.0 Å². The van der Waals surface area contributed by atoms with E-state index >= 15 is 4.39 Å². The van der Waals surface area contributed by atoms with Gasteiger partial charge in [-0.25, -0.2) is 4.39 Å².